The van der Waals surface area contributed by atoms with E-state index in [-0.39, 0.29) is 12.1 Å². The van der Waals surface area contributed by atoms with Gasteiger partial charge in [-0.15, -0.1) is 0 Å². The molecule has 3 heterocycles. The summed E-state index contributed by atoms with van der Waals surface area (Å²) in [5.41, 5.74) is 6.75. The van der Waals surface area contributed by atoms with Gasteiger partial charge in [0.25, 0.3) is 0 Å². The van der Waals surface area contributed by atoms with Crippen LogP contribution in [0.25, 0.3) is 11.2 Å². The number of hydrogen-bond acceptors (Lipinski definition) is 7. The van der Waals surface area contributed by atoms with Gasteiger partial charge in [-0.1, -0.05) is 0 Å². The number of ether oxygens (including phenoxy) is 1. The highest BCUT2D eigenvalue weighted by molar-refractivity contribution is 5.81. The first kappa shape index (κ1) is 13.6. The number of aliphatic hydroxyl groups is 2. The van der Waals surface area contributed by atoms with Crippen LogP contribution in [0.5, 0.6) is 0 Å². The fraction of sp³-hybridized carbons (Fsp3) is 0.500. The second-order valence-electron chi connectivity index (χ2n) is 4.20. The Morgan fingerprint density at radius 3 is 2.89 bits per heavy atom. The molecule has 0 amide bonds. The first-order valence-electron chi connectivity index (χ1n) is 5.58. The lowest BCUT2D eigenvalue weighted by Crippen LogP contribution is -2.24. The summed E-state index contributed by atoms with van der Waals surface area (Å²) in [6, 6.07) is 0. The van der Waals surface area contributed by atoms with Crippen molar-refractivity contribution in [2.75, 3.05) is 12.3 Å². The Balaban J connectivity index is 0.00000133. The molecule has 19 heavy (non-hydrogen) atoms. The zero-order valence-corrected chi connectivity index (χ0v) is 9.97. The molecule has 1 fully saturated rings. The Bertz CT molecular complexity index is 574. The fourth-order valence-corrected chi connectivity index (χ4v) is 2.13. The minimum absolute atomic E-state index is 0. The van der Waals surface area contributed by atoms with Crippen LogP contribution >= 0.6 is 0 Å². The topological polar surface area (TPSA) is 151 Å². The monoisotopic (exact) mass is 270 g/mol. The first-order valence-corrected chi connectivity index (χ1v) is 5.58. The van der Waals surface area contributed by atoms with Gasteiger partial charge in [-0.3, -0.25) is 4.57 Å². The van der Waals surface area contributed by atoms with E-state index in [2.05, 4.69) is 15.0 Å². The molecule has 2 aromatic heterocycles. The van der Waals surface area contributed by atoms with Crippen LogP contribution in [0.15, 0.2) is 12.7 Å². The van der Waals surface area contributed by atoms with Crippen molar-refractivity contribution in [3.8, 4) is 0 Å². The van der Waals surface area contributed by atoms with E-state index in [1.165, 1.54) is 6.33 Å². The lowest BCUT2D eigenvalue weighted by molar-refractivity contribution is -0.0432. The third-order valence-corrected chi connectivity index (χ3v) is 3.08. The van der Waals surface area contributed by atoms with E-state index in [0.717, 1.165) is 0 Å². The second kappa shape index (κ2) is 5.05. The van der Waals surface area contributed by atoms with Gasteiger partial charge in [-0.05, 0) is 0 Å². The zero-order chi connectivity index (χ0) is 12.7. The summed E-state index contributed by atoms with van der Waals surface area (Å²) in [7, 11) is 0. The summed E-state index contributed by atoms with van der Waals surface area (Å²) in [5, 5.41) is 18.8. The number of aliphatic hydroxyl groups excluding tert-OH is 2. The molecule has 9 heteroatoms. The van der Waals surface area contributed by atoms with Crippen LogP contribution in [0, 0.1) is 0 Å². The standard InChI is InChI=1S/C10H13N5O3.H2O/c11-9-8-10(13-3-12-9)15(4-14-8)7-1-5(17)6(2-16)18-7;/h3-7,16-17H,1-2H2,(H2,11,12,13);1H2/t5-,6+,7+;/m0./s1/i1+1;. The molecule has 0 spiro atoms. The van der Waals surface area contributed by atoms with Gasteiger partial charge in [-0.25, -0.2) is 15.0 Å². The van der Waals surface area contributed by atoms with Crippen LogP contribution in [-0.4, -0.2) is 54.0 Å². The van der Waals surface area contributed by atoms with Crippen molar-refractivity contribution in [3.63, 3.8) is 0 Å². The summed E-state index contributed by atoms with van der Waals surface area (Å²) in [6.45, 7) is -0.221. The molecule has 0 aromatic carbocycles. The minimum atomic E-state index is -0.698. The molecule has 3 atom stereocenters. The summed E-state index contributed by atoms with van der Waals surface area (Å²) >= 11 is 0. The third kappa shape index (κ3) is 2.12. The SMILES string of the molecule is Nc1ncnc2c1ncn2[C@H]1[13CH2][C@H](O)[C@@H](CO)O1.O. The molecule has 3 rings (SSSR count). The van der Waals surface area contributed by atoms with Crippen molar-refractivity contribution >= 4 is 17.0 Å². The zero-order valence-electron chi connectivity index (χ0n) is 9.97. The van der Waals surface area contributed by atoms with E-state index in [9.17, 15) is 5.11 Å². The molecule has 0 saturated carbocycles. The molecule has 9 nitrogen and oxygen atoms in total. The summed E-state index contributed by atoms with van der Waals surface area (Å²) in [6.07, 6.45) is 1.60. The molecular weight excluding hydrogens is 255 g/mol. The Morgan fingerprint density at radius 2 is 2.21 bits per heavy atom. The molecule has 6 N–H and O–H groups in total. The number of rotatable bonds is 2. The Hall–Kier alpha value is -1.81. The minimum Gasteiger partial charge on any atom is -0.412 e. The van der Waals surface area contributed by atoms with E-state index < -0.39 is 18.4 Å². The van der Waals surface area contributed by atoms with Crippen molar-refractivity contribution in [2.45, 2.75) is 24.9 Å². The molecule has 0 aliphatic carbocycles. The number of imidazole rings is 1. The van der Waals surface area contributed by atoms with Crippen LogP contribution < -0.4 is 5.73 Å². The van der Waals surface area contributed by atoms with Crippen molar-refractivity contribution in [2.24, 2.45) is 0 Å². The Labute approximate surface area is 108 Å². The lowest BCUT2D eigenvalue weighted by Gasteiger charge is -2.13. The average Bonchev–Trinajstić information content (AvgIpc) is 2.93. The number of aromatic nitrogens is 4. The molecule has 0 radical (unpaired) electrons. The Kier molecular flexibility index (Phi) is 3.62. The maximum atomic E-state index is 9.71. The van der Waals surface area contributed by atoms with Gasteiger partial charge in [0.05, 0.1) is 19.0 Å². The van der Waals surface area contributed by atoms with E-state index in [0.29, 0.717) is 23.4 Å². The van der Waals surface area contributed by atoms with Gasteiger partial charge in [0, 0.05) is 6.42 Å². The number of hydrogen-bond donors (Lipinski definition) is 3. The first-order chi connectivity index (χ1) is 8.70. The molecular formula is C10H15N5O4. The quantitative estimate of drug-likeness (QED) is 0.546. The average molecular weight is 270 g/mol. The molecule has 0 bridgehead atoms. The van der Waals surface area contributed by atoms with Crippen LogP contribution in [0.3, 0.4) is 0 Å². The molecule has 0 unspecified atom stereocenters. The largest absolute Gasteiger partial charge is 0.412 e. The van der Waals surface area contributed by atoms with Crippen molar-refractivity contribution < 1.29 is 20.4 Å². The fourth-order valence-electron chi connectivity index (χ4n) is 2.13. The van der Waals surface area contributed by atoms with Gasteiger partial charge in [0.1, 0.15) is 24.2 Å². The maximum Gasteiger partial charge on any atom is 0.167 e. The Morgan fingerprint density at radius 1 is 1.42 bits per heavy atom. The van der Waals surface area contributed by atoms with Gasteiger partial charge in [0.15, 0.2) is 11.5 Å². The number of fused-ring (bicyclic) bond motifs is 1. The van der Waals surface area contributed by atoms with Crippen molar-refractivity contribution in [1.29, 1.82) is 0 Å². The highest BCUT2D eigenvalue weighted by atomic mass is 16.6. The molecule has 1 aliphatic rings. The van der Waals surface area contributed by atoms with Crippen LogP contribution in [0.1, 0.15) is 12.6 Å². The third-order valence-electron chi connectivity index (χ3n) is 3.08. The highest BCUT2D eigenvalue weighted by Gasteiger charge is 2.35. The lowest BCUT2D eigenvalue weighted by atomic mass is 10.3. The van der Waals surface area contributed by atoms with Crippen LogP contribution in [-0.2, 0) is 4.74 Å². The number of nitrogens with zero attached hydrogens (tertiary/aromatic N) is 4. The number of nitrogen functional groups attached to an aromatic ring is 1. The van der Waals surface area contributed by atoms with Gasteiger partial charge in [-0.2, -0.15) is 0 Å². The van der Waals surface area contributed by atoms with Gasteiger partial charge in [0.2, 0.25) is 0 Å². The number of anilines is 1. The molecule has 1 aliphatic heterocycles. The highest BCUT2D eigenvalue weighted by Crippen LogP contribution is 2.30. The van der Waals surface area contributed by atoms with E-state index in [1.807, 2.05) is 0 Å². The van der Waals surface area contributed by atoms with Crippen molar-refractivity contribution in [3.05, 3.63) is 12.7 Å². The van der Waals surface area contributed by atoms with E-state index in [4.69, 9.17) is 15.6 Å². The number of nitrogens with two attached hydrogens (primary N) is 1. The van der Waals surface area contributed by atoms with E-state index in [1.54, 1.807) is 10.9 Å². The van der Waals surface area contributed by atoms with Crippen LogP contribution in [0.4, 0.5) is 5.82 Å². The smallest absolute Gasteiger partial charge is 0.167 e. The predicted octanol–water partition coefficient (Wildman–Crippen LogP) is -1.78. The summed E-state index contributed by atoms with van der Waals surface area (Å²) in [4.78, 5) is 12.1. The summed E-state index contributed by atoms with van der Waals surface area (Å²) < 4.78 is 7.22. The maximum absolute atomic E-state index is 9.71. The predicted molar refractivity (Wildman–Crippen MR) is 65.0 cm³/mol. The molecule has 1 saturated heterocycles. The molecule has 2 aromatic rings. The van der Waals surface area contributed by atoms with Crippen LogP contribution in [0.2, 0.25) is 0 Å². The van der Waals surface area contributed by atoms with Crippen molar-refractivity contribution in [1.82, 2.24) is 19.5 Å². The summed E-state index contributed by atoms with van der Waals surface area (Å²) in [5.74, 6) is 0.302. The normalized spacial score (nSPS) is 26.5. The van der Waals surface area contributed by atoms with Gasteiger partial charge < -0.3 is 26.2 Å². The second-order valence-corrected chi connectivity index (χ2v) is 4.20. The molecule has 104 valence electrons. The van der Waals surface area contributed by atoms with E-state index >= 15 is 0 Å². The van der Waals surface area contributed by atoms with Gasteiger partial charge >= 0.3 is 0 Å².